The van der Waals surface area contributed by atoms with Crippen LogP contribution in [0.4, 0.5) is 0 Å². The highest BCUT2D eigenvalue weighted by Gasteiger charge is 2.38. The van der Waals surface area contributed by atoms with Gasteiger partial charge in [-0.2, -0.15) is 0 Å². The van der Waals surface area contributed by atoms with Crippen LogP contribution in [0, 0.1) is 0 Å². The van der Waals surface area contributed by atoms with Gasteiger partial charge in [0.05, 0.1) is 0 Å². The van der Waals surface area contributed by atoms with E-state index in [2.05, 4.69) is 46.2 Å². The number of carbonyl (C=O) groups excluding carboxylic acids is 1. The third-order valence-electron chi connectivity index (χ3n) is 4.93. The average molecular weight is 298 g/mol. The van der Waals surface area contributed by atoms with Crippen molar-refractivity contribution in [1.82, 2.24) is 9.80 Å². The van der Waals surface area contributed by atoms with E-state index >= 15 is 0 Å². The van der Waals surface area contributed by atoms with E-state index in [0.29, 0.717) is 24.4 Å². The zero-order chi connectivity index (χ0) is 15.4. The molecule has 2 bridgehead atoms. The van der Waals surface area contributed by atoms with Crippen LogP contribution in [0.15, 0.2) is 36.4 Å². The average Bonchev–Trinajstić information content (AvgIpc) is 2.84. The number of nitrogens with zero attached hydrogens (tertiary/aromatic N) is 2. The van der Waals surface area contributed by atoms with Gasteiger partial charge in [-0.25, -0.2) is 0 Å². The summed E-state index contributed by atoms with van der Waals surface area (Å²) in [7, 11) is 0. The normalized spacial score (nSPS) is 25.6. The SMILES string of the molecule is CCC(=O)N1C2CCC1CN(C/C=C/c1ccccc1)CC2. The smallest absolute Gasteiger partial charge is 0.222 e. The van der Waals surface area contributed by atoms with Crippen molar-refractivity contribution in [3.05, 3.63) is 42.0 Å². The van der Waals surface area contributed by atoms with Crippen molar-refractivity contribution in [3.63, 3.8) is 0 Å². The van der Waals surface area contributed by atoms with Gasteiger partial charge in [0.15, 0.2) is 0 Å². The van der Waals surface area contributed by atoms with Crippen molar-refractivity contribution in [2.75, 3.05) is 19.6 Å². The Labute approximate surface area is 133 Å². The lowest BCUT2D eigenvalue weighted by atomic mass is 10.1. The second kappa shape index (κ2) is 7.10. The Bertz CT molecular complexity index is 525. The van der Waals surface area contributed by atoms with Gasteiger partial charge in [0, 0.05) is 38.1 Å². The fraction of sp³-hybridized carbons (Fsp3) is 0.526. The van der Waals surface area contributed by atoms with Crippen LogP contribution in [0.2, 0.25) is 0 Å². The quantitative estimate of drug-likeness (QED) is 0.852. The van der Waals surface area contributed by atoms with E-state index in [1.165, 1.54) is 18.4 Å². The maximum atomic E-state index is 12.2. The fourth-order valence-electron chi connectivity index (χ4n) is 3.80. The zero-order valence-corrected chi connectivity index (χ0v) is 13.4. The zero-order valence-electron chi connectivity index (χ0n) is 13.4. The van der Waals surface area contributed by atoms with Crippen LogP contribution in [0.5, 0.6) is 0 Å². The van der Waals surface area contributed by atoms with Crippen molar-refractivity contribution >= 4 is 12.0 Å². The highest BCUT2D eigenvalue weighted by molar-refractivity contribution is 5.77. The summed E-state index contributed by atoms with van der Waals surface area (Å²) in [4.78, 5) is 16.9. The summed E-state index contributed by atoms with van der Waals surface area (Å²) in [6.07, 6.45) is 8.58. The fourth-order valence-corrected chi connectivity index (χ4v) is 3.80. The van der Waals surface area contributed by atoms with Gasteiger partial charge in [0.2, 0.25) is 5.91 Å². The van der Waals surface area contributed by atoms with Crippen LogP contribution in [0.1, 0.15) is 38.2 Å². The number of amides is 1. The first-order valence-electron chi connectivity index (χ1n) is 8.53. The van der Waals surface area contributed by atoms with Gasteiger partial charge in [0.1, 0.15) is 0 Å². The standard InChI is InChI=1S/C19H26N2O/c1-2-19(22)21-17-10-11-18(21)15-20(14-12-17)13-6-9-16-7-4-3-5-8-16/h3-9,17-18H,2,10-15H2,1H3/b9-6+. The molecule has 1 amide bonds. The van der Waals surface area contributed by atoms with Gasteiger partial charge in [-0.05, 0) is 24.8 Å². The van der Waals surface area contributed by atoms with Crippen molar-refractivity contribution in [1.29, 1.82) is 0 Å². The topological polar surface area (TPSA) is 23.6 Å². The number of benzene rings is 1. The number of rotatable bonds is 4. The first-order valence-corrected chi connectivity index (χ1v) is 8.53. The molecule has 2 saturated heterocycles. The predicted molar refractivity (Wildman–Crippen MR) is 90.5 cm³/mol. The monoisotopic (exact) mass is 298 g/mol. The Morgan fingerprint density at radius 1 is 1.18 bits per heavy atom. The molecule has 0 saturated carbocycles. The lowest BCUT2D eigenvalue weighted by Crippen LogP contribution is -2.42. The minimum absolute atomic E-state index is 0.342. The minimum Gasteiger partial charge on any atom is -0.335 e. The highest BCUT2D eigenvalue weighted by Crippen LogP contribution is 2.30. The third-order valence-corrected chi connectivity index (χ3v) is 4.93. The number of hydrogen-bond donors (Lipinski definition) is 0. The molecule has 1 aromatic carbocycles. The molecule has 0 spiro atoms. The molecule has 0 aromatic heterocycles. The summed E-state index contributed by atoms with van der Waals surface area (Å²) < 4.78 is 0. The van der Waals surface area contributed by atoms with Gasteiger partial charge in [0.25, 0.3) is 0 Å². The second-order valence-corrected chi connectivity index (χ2v) is 6.40. The van der Waals surface area contributed by atoms with Crippen LogP contribution in [0.3, 0.4) is 0 Å². The number of hydrogen-bond acceptors (Lipinski definition) is 2. The number of likely N-dealkylation sites (tertiary alicyclic amines) is 1. The molecule has 0 aliphatic carbocycles. The molecular formula is C19H26N2O. The van der Waals surface area contributed by atoms with Gasteiger partial charge in [-0.3, -0.25) is 9.69 Å². The van der Waals surface area contributed by atoms with Crippen molar-refractivity contribution in [2.24, 2.45) is 0 Å². The largest absolute Gasteiger partial charge is 0.335 e. The van der Waals surface area contributed by atoms with Crippen LogP contribution in [-0.2, 0) is 4.79 Å². The molecule has 1 aromatic rings. The maximum absolute atomic E-state index is 12.2. The van der Waals surface area contributed by atoms with E-state index in [4.69, 9.17) is 0 Å². The summed E-state index contributed by atoms with van der Waals surface area (Å²) in [6.45, 7) is 5.09. The lowest BCUT2D eigenvalue weighted by Gasteiger charge is -2.28. The van der Waals surface area contributed by atoms with Crippen LogP contribution in [0.25, 0.3) is 6.08 Å². The van der Waals surface area contributed by atoms with Crippen LogP contribution < -0.4 is 0 Å². The predicted octanol–water partition coefficient (Wildman–Crippen LogP) is 3.18. The molecule has 0 N–H and O–H groups in total. The molecule has 3 nitrogen and oxygen atoms in total. The summed E-state index contributed by atoms with van der Waals surface area (Å²) in [5.41, 5.74) is 1.25. The van der Waals surface area contributed by atoms with E-state index in [-0.39, 0.29) is 0 Å². The molecule has 118 valence electrons. The Morgan fingerprint density at radius 2 is 1.95 bits per heavy atom. The second-order valence-electron chi connectivity index (χ2n) is 6.40. The molecule has 2 atom stereocenters. The molecule has 2 fully saturated rings. The number of fused-ring (bicyclic) bond motifs is 2. The third kappa shape index (κ3) is 3.41. The molecule has 2 aliphatic rings. The molecular weight excluding hydrogens is 272 g/mol. The Hall–Kier alpha value is -1.61. The summed E-state index contributed by atoms with van der Waals surface area (Å²) in [5, 5.41) is 0. The van der Waals surface area contributed by atoms with Crippen molar-refractivity contribution < 1.29 is 4.79 Å². The van der Waals surface area contributed by atoms with E-state index in [0.717, 1.165) is 26.1 Å². The lowest BCUT2D eigenvalue weighted by molar-refractivity contribution is -0.133. The van der Waals surface area contributed by atoms with Gasteiger partial charge >= 0.3 is 0 Å². The first-order chi connectivity index (χ1) is 10.8. The maximum Gasteiger partial charge on any atom is 0.222 e. The van der Waals surface area contributed by atoms with E-state index in [1.54, 1.807) is 0 Å². The van der Waals surface area contributed by atoms with Crippen molar-refractivity contribution in [3.8, 4) is 0 Å². The Morgan fingerprint density at radius 3 is 2.73 bits per heavy atom. The van der Waals surface area contributed by atoms with Gasteiger partial charge in [-0.15, -0.1) is 0 Å². The van der Waals surface area contributed by atoms with Crippen LogP contribution in [-0.4, -0.2) is 47.4 Å². The molecule has 2 heterocycles. The molecule has 3 heteroatoms. The van der Waals surface area contributed by atoms with E-state index < -0.39 is 0 Å². The number of carbonyl (C=O) groups is 1. The molecule has 0 radical (unpaired) electrons. The van der Waals surface area contributed by atoms with Gasteiger partial charge < -0.3 is 4.90 Å². The van der Waals surface area contributed by atoms with E-state index in [1.807, 2.05) is 13.0 Å². The van der Waals surface area contributed by atoms with Gasteiger partial charge in [-0.1, -0.05) is 49.4 Å². The Balaban J connectivity index is 1.58. The molecule has 3 rings (SSSR count). The summed E-state index contributed by atoms with van der Waals surface area (Å²) in [6, 6.07) is 11.4. The molecule has 2 unspecified atom stereocenters. The highest BCUT2D eigenvalue weighted by atomic mass is 16.2. The molecule has 22 heavy (non-hydrogen) atoms. The van der Waals surface area contributed by atoms with Crippen LogP contribution >= 0.6 is 0 Å². The van der Waals surface area contributed by atoms with Crippen molar-refractivity contribution in [2.45, 2.75) is 44.7 Å². The summed E-state index contributed by atoms with van der Waals surface area (Å²) in [5.74, 6) is 0.342. The van der Waals surface area contributed by atoms with E-state index in [9.17, 15) is 4.79 Å². The molecule has 2 aliphatic heterocycles. The Kier molecular flexibility index (Phi) is 4.94. The minimum atomic E-state index is 0.342. The first kappa shape index (κ1) is 15.3. The summed E-state index contributed by atoms with van der Waals surface area (Å²) >= 11 is 0.